The summed E-state index contributed by atoms with van der Waals surface area (Å²) < 4.78 is 0. The van der Waals surface area contributed by atoms with Crippen molar-refractivity contribution in [3.63, 3.8) is 0 Å². The van der Waals surface area contributed by atoms with E-state index in [1.807, 2.05) is 6.07 Å². The molecule has 90 valence electrons. The average Bonchev–Trinajstić information content (AvgIpc) is 2.40. The number of rotatable bonds is 3. The van der Waals surface area contributed by atoms with Gasteiger partial charge in [-0.3, -0.25) is 9.78 Å². The summed E-state index contributed by atoms with van der Waals surface area (Å²) >= 11 is 5.78. The SMILES string of the molecule is O=C(/C=C\c1ccccn1)c1cc(Cl)ccc1O. The minimum absolute atomic E-state index is 0.0879. The van der Waals surface area contributed by atoms with Gasteiger partial charge in [0.05, 0.1) is 11.3 Å². The van der Waals surface area contributed by atoms with E-state index in [0.29, 0.717) is 10.7 Å². The second-order valence-corrected chi connectivity index (χ2v) is 4.05. The Kier molecular flexibility index (Phi) is 3.75. The minimum Gasteiger partial charge on any atom is -0.507 e. The van der Waals surface area contributed by atoms with Gasteiger partial charge in [0, 0.05) is 11.2 Å². The van der Waals surface area contributed by atoms with Crippen molar-refractivity contribution >= 4 is 23.5 Å². The number of pyridine rings is 1. The van der Waals surface area contributed by atoms with Crippen molar-refractivity contribution in [1.29, 1.82) is 0 Å². The molecule has 0 aliphatic heterocycles. The first-order chi connectivity index (χ1) is 8.66. The highest BCUT2D eigenvalue weighted by atomic mass is 35.5. The summed E-state index contributed by atoms with van der Waals surface area (Å²) in [6.45, 7) is 0. The molecular formula is C14H10ClNO2. The first kappa shape index (κ1) is 12.3. The zero-order valence-electron chi connectivity index (χ0n) is 9.38. The Morgan fingerprint density at radius 3 is 2.83 bits per heavy atom. The largest absolute Gasteiger partial charge is 0.507 e. The van der Waals surface area contributed by atoms with E-state index in [1.165, 1.54) is 24.3 Å². The maximum absolute atomic E-state index is 11.9. The Morgan fingerprint density at radius 1 is 1.28 bits per heavy atom. The molecule has 0 saturated heterocycles. The molecule has 18 heavy (non-hydrogen) atoms. The predicted octanol–water partition coefficient (Wildman–Crippen LogP) is 3.34. The van der Waals surface area contributed by atoms with Gasteiger partial charge in [0.15, 0.2) is 5.78 Å². The highest BCUT2D eigenvalue weighted by molar-refractivity contribution is 6.31. The molecule has 0 unspecified atom stereocenters. The summed E-state index contributed by atoms with van der Waals surface area (Å²) in [5.41, 5.74) is 0.849. The Bertz CT molecular complexity index is 594. The van der Waals surface area contributed by atoms with Crippen LogP contribution in [0.5, 0.6) is 5.75 Å². The molecule has 0 fully saturated rings. The molecule has 0 amide bonds. The van der Waals surface area contributed by atoms with E-state index in [2.05, 4.69) is 4.98 Å². The second-order valence-electron chi connectivity index (χ2n) is 3.61. The fourth-order valence-electron chi connectivity index (χ4n) is 1.43. The van der Waals surface area contributed by atoms with Crippen LogP contribution in [0.2, 0.25) is 5.02 Å². The van der Waals surface area contributed by atoms with Gasteiger partial charge in [-0.2, -0.15) is 0 Å². The molecule has 0 saturated carbocycles. The van der Waals surface area contributed by atoms with Crippen LogP contribution < -0.4 is 0 Å². The van der Waals surface area contributed by atoms with Gasteiger partial charge in [0.1, 0.15) is 5.75 Å². The van der Waals surface area contributed by atoms with Crippen LogP contribution in [-0.2, 0) is 0 Å². The average molecular weight is 260 g/mol. The molecule has 1 aromatic carbocycles. The molecular weight excluding hydrogens is 250 g/mol. The third kappa shape index (κ3) is 2.96. The van der Waals surface area contributed by atoms with Gasteiger partial charge >= 0.3 is 0 Å². The molecule has 3 nitrogen and oxygen atoms in total. The van der Waals surface area contributed by atoms with Crippen molar-refractivity contribution in [3.05, 3.63) is 65.0 Å². The number of aromatic hydroxyl groups is 1. The monoisotopic (exact) mass is 259 g/mol. The second kappa shape index (κ2) is 5.47. The number of phenolic OH excluding ortho intramolecular Hbond substituents is 1. The lowest BCUT2D eigenvalue weighted by molar-refractivity contribution is 0.104. The molecule has 0 radical (unpaired) electrons. The van der Waals surface area contributed by atoms with Crippen LogP contribution in [0.3, 0.4) is 0 Å². The van der Waals surface area contributed by atoms with Crippen LogP contribution in [0.4, 0.5) is 0 Å². The van der Waals surface area contributed by atoms with Gasteiger partial charge in [0.25, 0.3) is 0 Å². The Balaban J connectivity index is 2.22. The number of nitrogens with zero attached hydrogens (tertiary/aromatic N) is 1. The Labute approximate surface area is 109 Å². The van der Waals surface area contributed by atoms with Gasteiger partial charge < -0.3 is 5.11 Å². The zero-order valence-corrected chi connectivity index (χ0v) is 10.1. The van der Waals surface area contributed by atoms with E-state index in [-0.39, 0.29) is 17.1 Å². The summed E-state index contributed by atoms with van der Waals surface area (Å²) in [5.74, 6) is -0.407. The molecule has 0 aliphatic carbocycles. The van der Waals surface area contributed by atoms with Crippen LogP contribution in [0, 0.1) is 0 Å². The van der Waals surface area contributed by atoms with Crippen molar-refractivity contribution in [2.75, 3.05) is 0 Å². The fourth-order valence-corrected chi connectivity index (χ4v) is 1.60. The third-order valence-electron chi connectivity index (χ3n) is 2.32. The molecule has 1 aromatic heterocycles. The Hall–Kier alpha value is -2.13. The van der Waals surface area contributed by atoms with E-state index in [9.17, 15) is 9.90 Å². The summed E-state index contributed by atoms with van der Waals surface area (Å²) in [5, 5.41) is 9.98. The summed E-state index contributed by atoms with van der Waals surface area (Å²) in [6.07, 6.45) is 4.58. The lowest BCUT2D eigenvalue weighted by Crippen LogP contribution is -1.95. The van der Waals surface area contributed by atoms with Gasteiger partial charge in [-0.15, -0.1) is 0 Å². The van der Waals surface area contributed by atoms with Gasteiger partial charge in [-0.05, 0) is 42.5 Å². The van der Waals surface area contributed by atoms with Crippen molar-refractivity contribution < 1.29 is 9.90 Å². The van der Waals surface area contributed by atoms with Crippen LogP contribution in [0.15, 0.2) is 48.7 Å². The molecule has 1 heterocycles. The van der Waals surface area contributed by atoms with E-state index in [1.54, 1.807) is 24.4 Å². The van der Waals surface area contributed by atoms with Crippen LogP contribution in [-0.4, -0.2) is 15.9 Å². The van der Waals surface area contributed by atoms with E-state index >= 15 is 0 Å². The highest BCUT2D eigenvalue weighted by Crippen LogP contribution is 2.22. The van der Waals surface area contributed by atoms with Crippen LogP contribution >= 0.6 is 11.6 Å². The number of aromatic nitrogens is 1. The third-order valence-corrected chi connectivity index (χ3v) is 2.55. The maximum atomic E-state index is 11.9. The van der Waals surface area contributed by atoms with Gasteiger partial charge in [0.2, 0.25) is 0 Å². The number of hydrogen-bond donors (Lipinski definition) is 1. The normalized spacial score (nSPS) is 10.7. The molecule has 2 aromatic rings. The van der Waals surface area contributed by atoms with Crippen LogP contribution in [0.1, 0.15) is 16.1 Å². The minimum atomic E-state index is -0.319. The Morgan fingerprint density at radius 2 is 2.11 bits per heavy atom. The number of halogens is 1. The fraction of sp³-hybridized carbons (Fsp3) is 0. The lowest BCUT2D eigenvalue weighted by atomic mass is 10.1. The predicted molar refractivity (Wildman–Crippen MR) is 70.7 cm³/mol. The van der Waals surface area contributed by atoms with Crippen molar-refractivity contribution in [1.82, 2.24) is 4.98 Å². The number of benzene rings is 1. The highest BCUT2D eigenvalue weighted by Gasteiger charge is 2.08. The number of carbonyl (C=O) groups is 1. The number of carbonyl (C=O) groups excluding carboxylic acids is 1. The van der Waals surface area contributed by atoms with Crippen LogP contribution in [0.25, 0.3) is 6.08 Å². The number of ketones is 1. The maximum Gasteiger partial charge on any atom is 0.189 e. The molecule has 1 N–H and O–H groups in total. The number of phenols is 1. The van der Waals surface area contributed by atoms with Crippen molar-refractivity contribution in [2.24, 2.45) is 0 Å². The number of hydrogen-bond acceptors (Lipinski definition) is 3. The topological polar surface area (TPSA) is 50.2 Å². The molecule has 4 heteroatoms. The zero-order chi connectivity index (χ0) is 13.0. The summed E-state index contributed by atoms with van der Waals surface area (Å²) in [7, 11) is 0. The molecule has 0 spiro atoms. The summed E-state index contributed by atoms with van der Waals surface area (Å²) in [4.78, 5) is 15.9. The first-order valence-electron chi connectivity index (χ1n) is 5.29. The quantitative estimate of drug-likeness (QED) is 0.679. The summed E-state index contributed by atoms with van der Waals surface area (Å²) in [6, 6.07) is 9.75. The van der Waals surface area contributed by atoms with E-state index in [0.717, 1.165) is 0 Å². The van der Waals surface area contributed by atoms with Crippen molar-refractivity contribution in [2.45, 2.75) is 0 Å². The molecule has 0 atom stereocenters. The first-order valence-corrected chi connectivity index (χ1v) is 5.66. The van der Waals surface area contributed by atoms with E-state index in [4.69, 9.17) is 11.6 Å². The lowest BCUT2D eigenvalue weighted by Gasteiger charge is -2.00. The van der Waals surface area contributed by atoms with Gasteiger partial charge in [-0.25, -0.2) is 0 Å². The standard InChI is InChI=1S/C14H10ClNO2/c15-10-4-6-13(17)12(9-10)14(18)7-5-11-3-1-2-8-16-11/h1-9,17H/b7-5-. The van der Waals surface area contributed by atoms with Gasteiger partial charge in [-0.1, -0.05) is 17.7 Å². The molecule has 0 aliphatic rings. The molecule has 0 bridgehead atoms. The molecule has 2 rings (SSSR count). The van der Waals surface area contributed by atoms with Crippen molar-refractivity contribution in [3.8, 4) is 5.75 Å². The van der Waals surface area contributed by atoms with E-state index < -0.39 is 0 Å². The number of allylic oxidation sites excluding steroid dienone is 1. The smallest absolute Gasteiger partial charge is 0.189 e.